The maximum atomic E-state index is 13.6. The van der Waals surface area contributed by atoms with E-state index in [1.807, 2.05) is 31.2 Å². The quantitative estimate of drug-likeness (QED) is 0.340. The fourth-order valence-electron chi connectivity index (χ4n) is 4.43. The second-order valence-corrected chi connectivity index (χ2v) is 7.95. The van der Waals surface area contributed by atoms with Crippen molar-refractivity contribution in [1.29, 1.82) is 0 Å². The number of rotatable bonds is 4. The Morgan fingerprint density at radius 2 is 1.70 bits per heavy atom. The molecule has 2 aliphatic heterocycles. The van der Waals surface area contributed by atoms with Crippen LogP contribution in [0.25, 0.3) is 0 Å². The summed E-state index contributed by atoms with van der Waals surface area (Å²) in [6, 6.07) is 17.7. The number of nitrogens with zero attached hydrogens (tertiary/aromatic N) is 3. The van der Waals surface area contributed by atoms with E-state index in [2.05, 4.69) is 0 Å². The monoisotopic (exact) mass is 447 g/mol. The molecule has 0 aliphatic carbocycles. The molecule has 0 unspecified atom stereocenters. The molecule has 0 bridgehead atoms. The lowest BCUT2D eigenvalue weighted by Gasteiger charge is -2.29. The minimum atomic E-state index is -1.12. The summed E-state index contributed by atoms with van der Waals surface area (Å²) in [5.74, 6) is -2.48. The minimum absolute atomic E-state index is 0.109. The predicted molar refractivity (Wildman–Crippen MR) is 117 cm³/mol. The fourth-order valence-corrected chi connectivity index (χ4v) is 4.43. The van der Waals surface area contributed by atoms with E-state index in [1.54, 1.807) is 17.2 Å². The predicted octanol–water partition coefficient (Wildman–Crippen LogP) is 4.09. The van der Waals surface area contributed by atoms with Crippen LogP contribution in [0.2, 0.25) is 0 Å². The topological polar surface area (TPSA) is 93.0 Å². The number of halogens is 1. The summed E-state index contributed by atoms with van der Waals surface area (Å²) in [6.07, 6.45) is -1.12. The molecule has 2 aliphatic rings. The van der Waals surface area contributed by atoms with Crippen molar-refractivity contribution in [2.75, 3.05) is 9.96 Å². The molecule has 0 saturated carbocycles. The summed E-state index contributed by atoms with van der Waals surface area (Å²) in [5, 5.41) is 12.7. The largest absolute Gasteiger partial charge is 0.273 e. The zero-order valence-corrected chi connectivity index (χ0v) is 17.4. The molecule has 8 nitrogen and oxygen atoms in total. The van der Waals surface area contributed by atoms with Gasteiger partial charge in [0.05, 0.1) is 22.3 Å². The molecule has 2 heterocycles. The van der Waals surface area contributed by atoms with Gasteiger partial charge in [0.25, 0.3) is 11.6 Å². The van der Waals surface area contributed by atoms with Crippen molar-refractivity contribution in [3.8, 4) is 0 Å². The summed E-state index contributed by atoms with van der Waals surface area (Å²) in [4.78, 5) is 44.4. The number of carbonyl (C=O) groups excluding carboxylic acids is 2. The van der Waals surface area contributed by atoms with Crippen molar-refractivity contribution < 1.29 is 23.7 Å². The Balaban J connectivity index is 1.59. The van der Waals surface area contributed by atoms with Crippen molar-refractivity contribution in [3.05, 3.63) is 99.9 Å². The number of amides is 2. The minimum Gasteiger partial charge on any atom is -0.273 e. The van der Waals surface area contributed by atoms with Crippen LogP contribution in [0.5, 0.6) is 0 Å². The first-order chi connectivity index (χ1) is 15.9. The van der Waals surface area contributed by atoms with Crippen LogP contribution >= 0.6 is 0 Å². The maximum absolute atomic E-state index is 13.6. The van der Waals surface area contributed by atoms with Gasteiger partial charge in [-0.2, -0.15) is 0 Å². The van der Waals surface area contributed by atoms with Crippen molar-refractivity contribution in [3.63, 3.8) is 0 Å². The molecule has 2 fully saturated rings. The maximum Gasteiger partial charge on any atom is 0.271 e. The molecular weight excluding hydrogens is 429 g/mol. The fraction of sp³-hybridized carbons (Fsp3) is 0.167. The molecule has 3 atom stereocenters. The number of imide groups is 1. The number of para-hydroxylation sites is 1. The van der Waals surface area contributed by atoms with E-state index in [4.69, 9.17) is 4.84 Å². The van der Waals surface area contributed by atoms with Crippen LogP contribution in [-0.2, 0) is 14.4 Å². The third kappa shape index (κ3) is 3.33. The third-order valence-corrected chi connectivity index (χ3v) is 5.98. The second kappa shape index (κ2) is 7.79. The Kier molecular flexibility index (Phi) is 4.90. The molecule has 0 spiro atoms. The van der Waals surface area contributed by atoms with E-state index >= 15 is 0 Å². The van der Waals surface area contributed by atoms with Crippen molar-refractivity contribution >= 4 is 28.9 Å². The molecule has 9 heteroatoms. The molecule has 0 N–H and O–H groups in total. The molecule has 0 radical (unpaired) electrons. The first-order valence-electron chi connectivity index (χ1n) is 10.3. The van der Waals surface area contributed by atoms with Gasteiger partial charge in [-0.05, 0) is 42.3 Å². The van der Waals surface area contributed by atoms with Crippen LogP contribution in [0.1, 0.15) is 17.2 Å². The zero-order chi connectivity index (χ0) is 23.3. The van der Waals surface area contributed by atoms with Gasteiger partial charge < -0.3 is 0 Å². The summed E-state index contributed by atoms with van der Waals surface area (Å²) in [6.45, 7) is 1.88. The smallest absolute Gasteiger partial charge is 0.271 e. The number of carbonyl (C=O) groups is 2. The molecular formula is C24H18FN3O5. The van der Waals surface area contributed by atoms with E-state index < -0.39 is 40.6 Å². The molecule has 3 aromatic carbocycles. The lowest BCUT2D eigenvalue weighted by molar-refractivity contribution is -0.384. The van der Waals surface area contributed by atoms with Gasteiger partial charge in [-0.15, -0.1) is 0 Å². The van der Waals surface area contributed by atoms with E-state index in [-0.39, 0.29) is 11.4 Å². The number of aryl methyl sites for hydroxylation is 1. The molecule has 0 aromatic heterocycles. The highest BCUT2D eigenvalue weighted by atomic mass is 19.1. The lowest BCUT2D eigenvalue weighted by atomic mass is 9.90. The van der Waals surface area contributed by atoms with Crippen LogP contribution in [0.15, 0.2) is 72.8 Å². The van der Waals surface area contributed by atoms with Crippen molar-refractivity contribution in [1.82, 2.24) is 0 Å². The highest BCUT2D eigenvalue weighted by molar-refractivity contribution is 6.24. The number of nitro benzene ring substituents is 1. The van der Waals surface area contributed by atoms with Gasteiger partial charge in [0.2, 0.25) is 5.91 Å². The van der Waals surface area contributed by atoms with Gasteiger partial charge in [-0.3, -0.25) is 24.5 Å². The molecule has 166 valence electrons. The number of benzene rings is 3. The van der Waals surface area contributed by atoms with Gasteiger partial charge in [0.1, 0.15) is 11.7 Å². The summed E-state index contributed by atoms with van der Waals surface area (Å²) in [5.41, 5.74) is 2.04. The van der Waals surface area contributed by atoms with E-state index in [0.29, 0.717) is 11.3 Å². The van der Waals surface area contributed by atoms with Crippen LogP contribution in [0.4, 0.5) is 21.5 Å². The zero-order valence-electron chi connectivity index (χ0n) is 17.4. The highest BCUT2D eigenvalue weighted by Gasteiger charge is 2.60. The molecule has 2 amide bonds. The first kappa shape index (κ1) is 20.8. The van der Waals surface area contributed by atoms with Crippen molar-refractivity contribution in [2.24, 2.45) is 5.92 Å². The lowest BCUT2D eigenvalue weighted by Crippen LogP contribution is -2.37. The van der Waals surface area contributed by atoms with Crippen LogP contribution in [-0.4, -0.2) is 22.8 Å². The molecule has 5 rings (SSSR count). The van der Waals surface area contributed by atoms with Gasteiger partial charge in [-0.25, -0.2) is 14.4 Å². The summed E-state index contributed by atoms with van der Waals surface area (Å²) in [7, 11) is 0. The van der Waals surface area contributed by atoms with Crippen LogP contribution in [0.3, 0.4) is 0 Å². The molecule has 2 saturated heterocycles. The van der Waals surface area contributed by atoms with Gasteiger partial charge in [0.15, 0.2) is 6.10 Å². The number of hydrogen-bond donors (Lipinski definition) is 0. The van der Waals surface area contributed by atoms with Gasteiger partial charge in [-0.1, -0.05) is 36.4 Å². The standard InChI is InChI=1S/C24H18FN3O5/c1-14-5-2-3-8-19(14)27-21(15-9-11-16(25)12-10-15)20-22(33-27)24(30)26(23(20)29)17-6-4-7-18(13-17)28(31)32/h2-13,20-22H,1H3/t20-,21-,22+/m1/s1. The molecule has 33 heavy (non-hydrogen) atoms. The SMILES string of the molecule is Cc1ccccc1N1O[C@@H]2C(=O)N(c3cccc([N+](=O)[O-])c3)C(=O)[C@@H]2[C@H]1c1ccc(F)cc1. The van der Waals surface area contributed by atoms with E-state index in [9.17, 15) is 24.1 Å². The Morgan fingerprint density at radius 1 is 0.970 bits per heavy atom. The Bertz CT molecular complexity index is 1280. The van der Waals surface area contributed by atoms with E-state index in [0.717, 1.165) is 10.5 Å². The summed E-state index contributed by atoms with van der Waals surface area (Å²) < 4.78 is 13.6. The van der Waals surface area contributed by atoms with Crippen molar-refractivity contribution in [2.45, 2.75) is 19.1 Å². The number of fused-ring (bicyclic) bond motifs is 1. The number of hydrogen-bond acceptors (Lipinski definition) is 6. The normalized spacial score (nSPS) is 22.1. The number of nitro groups is 1. The van der Waals surface area contributed by atoms with Crippen LogP contribution < -0.4 is 9.96 Å². The highest BCUT2D eigenvalue weighted by Crippen LogP contribution is 2.48. The average Bonchev–Trinajstić information content (AvgIpc) is 3.30. The van der Waals surface area contributed by atoms with Gasteiger partial charge in [0, 0.05) is 12.1 Å². The Labute approximate surface area is 187 Å². The number of non-ortho nitro benzene ring substituents is 1. The Morgan fingerprint density at radius 3 is 2.39 bits per heavy atom. The number of hydroxylamine groups is 1. The summed E-state index contributed by atoms with van der Waals surface area (Å²) >= 11 is 0. The average molecular weight is 447 g/mol. The van der Waals surface area contributed by atoms with Gasteiger partial charge >= 0.3 is 0 Å². The van der Waals surface area contributed by atoms with Crippen LogP contribution in [0, 0.1) is 28.8 Å². The first-order valence-corrected chi connectivity index (χ1v) is 10.3. The third-order valence-electron chi connectivity index (χ3n) is 5.98. The van der Waals surface area contributed by atoms with E-state index in [1.165, 1.54) is 36.4 Å². The second-order valence-electron chi connectivity index (χ2n) is 7.95. The molecule has 3 aromatic rings. The number of anilines is 2. The Hall–Kier alpha value is -4.11.